The van der Waals surface area contributed by atoms with Crippen LogP contribution in [-0.2, 0) is 4.79 Å². The molecule has 1 atom stereocenters. The molecule has 0 aliphatic heterocycles. The van der Waals surface area contributed by atoms with Crippen LogP contribution in [0.1, 0.15) is 16.8 Å². The third kappa shape index (κ3) is 5.67. The molecular formula is C18H17ClFN3O4S. The molecule has 0 bridgehead atoms. The van der Waals surface area contributed by atoms with Crippen LogP contribution in [0.5, 0.6) is 0 Å². The number of carbonyl (C=O) groups is 2. The lowest BCUT2D eigenvalue weighted by Gasteiger charge is -2.18. The van der Waals surface area contributed by atoms with Crippen molar-refractivity contribution < 1.29 is 18.9 Å². The Hall–Kier alpha value is -2.65. The van der Waals surface area contributed by atoms with Crippen molar-refractivity contribution in [2.24, 2.45) is 0 Å². The van der Waals surface area contributed by atoms with Crippen LogP contribution in [0.4, 0.5) is 15.8 Å². The number of thioether (sulfide) groups is 1. The molecule has 0 spiro atoms. The van der Waals surface area contributed by atoms with Gasteiger partial charge in [0.1, 0.15) is 16.9 Å². The van der Waals surface area contributed by atoms with Gasteiger partial charge in [-0.3, -0.25) is 19.7 Å². The van der Waals surface area contributed by atoms with E-state index in [0.717, 1.165) is 6.07 Å². The number of nitro benzene ring substituents is 1. The monoisotopic (exact) mass is 425 g/mol. The number of para-hydroxylation sites is 1. The summed E-state index contributed by atoms with van der Waals surface area (Å²) in [4.78, 5) is 35.3. The highest BCUT2D eigenvalue weighted by atomic mass is 35.5. The predicted octanol–water partition coefficient (Wildman–Crippen LogP) is 3.88. The Morgan fingerprint density at radius 2 is 2.00 bits per heavy atom. The van der Waals surface area contributed by atoms with Gasteiger partial charge in [-0.15, -0.1) is 0 Å². The van der Waals surface area contributed by atoms with Crippen molar-refractivity contribution in [3.8, 4) is 0 Å². The molecule has 1 unspecified atom stereocenters. The third-order valence-electron chi connectivity index (χ3n) is 3.77. The van der Waals surface area contributed by atoms with Crippen LogP contribution in [-0.4, -0.2) is 34.8 Å². The Morgan fingerprint density at radius 3 is 2.64 bits per heavy atom. The van der Waals surface area contributed by atoms with Gasteiger partial charge < -0.3 is 10.6 Å². The number of anilines is 1. The summed E-state index contributed by atoms with van der Waals surface area (Å²) in [5.74, 6) is -1.29. The molecule has 148 valence electrons. The minimum absolute atomic E-state index is 0.00182. The van der Waals surface area contributed by atoms with E-state index in [1.54, 1.807) is 6.07 Å². The van der Waals surface area contributed by atoms with Crippen molar-refractivity contribution in [3.63, 3.8) is 0 Å². The fourth-order valence-corrected chi connectivity index (χ4v) is 2.98. The molecular weight excluding hydrogens is 409 g/mol. The Kier molecular flexibility index (Phi) is 7.77. The summed E-state index contributed by atoms with van der Waals surface area (Å²) >= 11 is 7.23. The van der Waals surface area contributed by atoms with Crippen molar-refractivity contribution >= 4 is 46.6 Å². The second-order valence-corrected chi connectivity index (χ2v) is 7.09. The van der Waals surface area contributed by atoms with Gasteiger partial charge in [0.05, 0.1) is 10.6 Å². The van der Waals surface area contributed by atoms with Gasteiger partial charge in [-0.25, -0.2) is 4.39 Å². The van der Waals surface area contributed by atoms with Crippen molar-refractivity contribution in [2.75, 3.05) is 17.3 Å². The second-order valence-electron chi connectivity index (χ2n) is 5.70. The maximum absolute atomic E-state index is 13.8. The van der Waals surface area contributed by atoms with Gasteiger partial charge in [-0.2, -0.15) is 11.8 Å². The molecule has 0 saturated carbocycles. The molecule has 2 N–H and O–H groups in total. The van der Waals surface area contributed by atoms with Gasteiger partial charge in [0.2, 0.25) is 5.91 Å². The maximum atomic E-state index is 13.8. The highest BCUT2D eigenvalue weighted by Gasteiger charge is 2.23. The molecule has 7 nitrogen and oxygen atoms in total. The van der Waals surface area contributed by atoms with Crippen LogP contribution in [0.2, 0.25) is 5.02 Å². The average Bonchev–Trinajstić information content (AvgIpc) is 2.66. The van der Waals surface area contributed by atoms with Crippen molar-refractivity contribution in [1.82, 2.24) is 5.32 Å². The van der Waals surface area contributed by atoms with Crippen molar-refractivity contribution in [1.29, 1.82) is 0 Å². The highest BCUT2D eigenvalue weighted by molar-refractivity contribution is 7.98. The van der Waals surface area contributed by atoms with Gasteiger partial charge in [-0.05, 0) is 42.7 Å². The summed E-state index contributed by atoms with van der Waals surface area (Å²) < 4.78 is 13.8. The smallest absolute Gasteiger partial charge is 0.288 e. The summed E-state index contributed by atoms with van der Waals surface area (Å²) in [6.45, 7) is 0. The average molecular weight is 426 g/mol. The first-order valence-electron chi connectivity index (χ1n) is 8.12. The van der Waals surface area contributed by atoms with E-state index >= 15 is 0 Å². The Labute approximate surface area is 169 Å². The number of rotatable bonds is 8. The van der Waals surface area contributed by atoms with Crippen molar-refractivity contribution in [3.05, 3.63) is 69.0 Å². The number of amides is 2. The van der Waals surface area contributed by atoms with E-state index in [9.17, 15) is 24.1 Å². The molecule has 0 saturated heterocycles. The summed E-state index contributed by atoms with van der Waals surface area (Å²) in [6.07, 6.45) is 2.14. The summed E-state index contributed by atoms with van der Waals surface area (Å²) in [5.41, 5.74) is -0.423. The van der Waals surface area contributed by atoms with Gasteiger partial charge in [0, 0.05) is 11.6 Å². The minimum Gasteiger partial charge on any atom is -0.340 e. The number of carbonyl (C=O) groups excluding carboxylic acids is 2. The second kappa shape index (κ2) is 10.0. The number of hydrogen-bond donors (Lipinski definition) is 2. The highest BCUT2D eigenvalue weighted by Crippen LogP contribution is 2.25. The normalized spacial score (nSPS) is 11.5. The molecule has 0 fully saturated rings. The fourth-order valence-electron chi connectivity index (χ4n) is 2.32. The number of nitrogens with zero attached hydrogens (tertiary/aromatic N) is 1. The van der Waals surface area contributed by atoms with Gasteiger partial charge >= 0.3 is 0 Å². The molecule has 0 aromatic heterocycles. The standard InChI is InChI=1S/C18H17ClFN3O4S/c1-28-9-8-15(18(25)21-14-5-3-2-4-13(14)20)22-17(24)11-6-7-12(19)16(10-11)23(26)27/h2-7,10,15H,8-9H2,1H3,(H,21,25)(H,22,24). The van der Waals surface area contributed by atoms with Crippen LogP contribution < -0.4 is 10.6 Å². The zero-order valence-corrected chi connectivity index (χ0v) is 16.3. The zero-order valence-electron chi connectivity index (χ0n) is 14.8. The van der Waals surface area contributed by atoms with Crippen LogP contribution in [0.3, 0.4) is 0 Å². The van der Waals surface area contributed by atoms with E-state index in [-0.39, 0.29) is 16.3 Å². The zero-order chi connectivity index (χ0) is 20.7. The van der Waals surface area contributed by atoms with Gasteiger partial charge in [-0.1, -0.05) is 23.7 Å². The van der Waals surface area contributed by atoms with E-state index in [0.29, 0.717) is 12.2 Å². The topological polar surface area (TPSA) is 101 Å². The maximum Gasteiger partial charge on any atom is 0.288 e. The number of nitrogens with one attached hydrogen (secondary N) is 2. The van der Waals surface area contributed by atoms with Crippen LogP contribution in [0.25, 0.3) is 0 Å². The van der Waals surface area contributed by atoms with E-state index in [2.05, 4.69) is 10.6 Å². The first-order chi connectivity index (χ1) is 13.3. The van der Waals surface area contributed by atoms with E-state index in [1.807, 2.05) is 6.26 Å². The Bertz CT molecular complexity index is 897. The predicted molar refractivity (Wildman–Crippen MR) is 107 cm³/mol. The Morgan fingerprint density at radius 1 is 1.29 bits per heavy atom. The molecule has 2 rings (SSSR count). The number of benzene rings is 2. The lowest BCUT2D eigenvalue weighted by Crippen LogP contribution is -2.44. The number of nitro groups is 1. The summed E-state index contributed by atoms with van der Waals surface area (Å²) in [6, 6.07) is 8.33. The lowest BCUT2D eigenvalue weighted by molar-refractivity contribution is -0.384. The number of halogens is 2. The first kappa shape index (κ1) is 21.6. The Balaban J connectivity index is 2.18. The van der Waals surface area contributed by atoms with E-state index < -0.39 is 34.3 Å². The quantitative estimate of drug-likeness (QED) is 0.493. The molecule has 0 aliphatic carbocycles. The molecule has 0 heterocycles. The van der Waals surface area contributed by atoms with E-state index in [1.165, 1.54) is 42.1 Å². The minimum atomic E-state index is -0.950. The van der Waals surface area contributed by atoms with Crippen LogP contribution in [0, 0.1) is 15.9 Å². The molecule has 0 aliphatic rings. The first-order valence-corrected chi connectivity index (χ1v) is 9.89. The SMILES string of the molecule is CSCCC(NC(=O)c1ccc(Cl)c([N+](=O)[O-])c1)C(=O)Nc1ccccc1F. The van der Waals surface area contributed by atoms with E-state index in [4.69, 9.17) is 11.6 Å². The van der Waals surface area contributed by atoms with Gasteiger partial charge in [0.25, 0.3) is 11.6 Å². The van der Waals surface area contributed by atoms with Crippen LogP contribution in [0.15, 0.2) is 42.5 Å². The number of hydrogen-bond acceptors (Lipinski definition) is 5. The summed E-state index contributed by atoms with van der Waals surface area (Å²) in [7, 11) is 0. The molecule has 2 aromatic carbocycles. The molecule has 28 heavy (non-hydrogen) atoms. The van der Waals surface area contributed by atoms with Crippen LogP contribution >= 0.6 is 23.4 Å². The van der Waals surface area contributed by atoms with Gasteiger partial charge in [0.15, 0.2) is 0 Å². The molecule has 0 radical (unpaired) electrons. The lowest BCUT2D eigenvalue weighted by atomic mass is 10.1. The molecule has 2 aromatic rings. The summed E-state index contributed by atoms with van der Waals surface area (Å²) in [5, 5.41) is 15.9. The largest absolute Gasteiger partial charge is 0.340 e. The molecule has 10 heteroatoms. The fraction of sp³-hybridized carbons (Fsp3) is 0.222. The third-order valence-corrected chi connectivity index (χ3v) is 4.73. The van der Waals surface area contributed by atoms with Crippen molar-refractivity contribution in [2.45, 2.75) is 12.5 Å². The molecule has 2 amide bonds.